The molecule has 19 heavy (non-hydrogen) atoms. The molecule has 0 aromatic heterocycles. The molecule has 0 amide bonds. The van der Waals surface area contributed by atoms with E-state index in [4.69, 9.17) is 0 Å². The number of hydrogen-bond acceptors (Lipinski definition) is 3. The molecule has 0 saturated heterocycles. The number of rotatable bonds is 1. The lowest BCUT2D eigenvalue weighted by atomic mass is 9.86. The van der Waals surface area contributed by atoms with E-state index in [1.54, 1.807) is 0 Å². The van der Waals surface area contributed by atoms with Gasteiger partial charge in [0.15, 0.2) is 11.5 Å². The van der Waals surface area contributed by atoms with Gasteiger partial charge in [-0.3, -0.25) is 0 Å². The Morgan fingerprint density at radius 1 is 1.11 bits per heavy atom. The highest BCUT2D eigenvalue weighted by atomic mass is 19.1. The molecule has 2 aliphatic rings. The molecule has 0 aliphatic heterocycles. The maximum atomic E-state index is 14.1. The van der Waals surface area contributed by atoms with Crippen LogP contribution in [0.2, 0.25) is 0 Å². The van der Waals surface area contributed by atoms with E-state index < -0.39 is 22.6 Å². The van der Waals surface area contributed by atoms with Gasteiger partial charge in [0.1, 0.15) is 11.4 Å². The number of benzene rings is 1. The van der Waals surface area contributed by atoms with Crippen molar-refractivity contribution in [1.82, 2.24) is 0 Å². The van der Waals surface area contributed by atoms with Crippen molar-refractivity contribution >= 4 is 0 Å². The van der Waals surface area contributed by atoms with E-state index in [1.807, 2.05) is 0 Å². The number of aliphatic hydroxyl groups is 1. The molecule has 2 saturated carbocycles. The van der Waals surface area contributed by atoms with Crippen molar-refractivity contribution in [2.45, 2.75) is 43.1 Å². The summed E-state index contributed by atoms with van der Waals surface area (Å²) in [5.41, 5.74) is -1.52. The van der Waals surface area contributed by atoms with E-state index in [-0.39, 0.29) is 11.3 Å². The third kappa shape index (κ3) is 1.35. The summed E-state index contributed by atoms with van der Waals surface area (Å²) in [6.45, 7) is 3.88. The quantitative estimate of drug-likeness (QED) is 0.540. The SMILES string of the molecule is C=C1C2(O)CCCCCC12c1c(F)ccc(O)c1O. The van der Waals surface area contributed by atoms with Gasteiger partial charge in [0.05, 0.1) is 5.41 Å². The van der Waals surface area contributed by atoms with E-state index in [0.29, 0.717) is 18.4 Å². The van der Waals surface area contributed by atoms with Gasteiger partial charge < -0.3 is 15.3 Å². The van der Waals surface area contributed by atoms with Crippen LogP contribution in [0.1, 0.15) is 37.7 Å². The van der Waals surface area contributed by atoms with Crippen LogP contribution in [0.5, 0.6) is 11.5 Å². The molecule has 3 N–H and O–H groups in total. The zero-order chi connectivity index (χ0) is 13.8. The summed E-state index contributed by atoms with van der Waals surface area (Å²) in [6.07, 6.45) is 3.75. The van der Waals surface area contributed by atoms with E-state index >= 15 is 0 Å². The highest BCUT2D eigenvalue weighted by molar-refractivity contribution is 5.66. The molecule has 3 rings (SSSR count). The highest BCUT2D eigenvalue weighted by Crippen LogP contribution is 2.70. The Bertz CT molecular complexity index is 569. The van der Waals surface area contributed by atoms with Crippen LogP contribution in [0.25, 0.3) is 0 Å². The normalized spacial score (nSPS) is 33.7. The van der Waals surface area contributed by atoms with Gasteiger partial charge >= 0.3 is 0 Å². The zero-order valence-electron chi connectivity index (χ0n) is 10.6. The summed E-state index contributed by atoms with van der Waals surface area (Å²) >= 11 is 0. The molecular formula is C15H17FO3. The Morgan fingerprint density at radius 2 is 1.79 bits per heavy atom. The van der Waals surface area contributed by atoms with Crippen LogP contribution in [0, 0.1) is 5.82 Å². The van der Waals surface area contributed by atoms with Gasteiger partial charge in [-0.1, -0.05) is 25.8 Å². The smallest absolute Gasteiger partial charge is 0.164 e. The largest absolute Gasteiger partial charge is 0.504 e. The number of phenols is 2. The zero-order valence-corrected chi connectivity index (χ0v) is 10.6. The van der Waals surface area contributed by atoms with Crippen molar-refractivity contribution in [3.63, 3.8) is 0 Å². The predicted octanol–water partition coefficient (Wildman–Crippen LogP) is 2.74. The van der Waals surface area contributed by atoms with Crippen molar-refractivity contribution in [2.24, 2.45) is 0 Å². The average molecular weight is 264 g/mol. The van der Waals surface area contributed by atoms with Gasteiger partial charge in [0.2, 0.25) is 0 Å². The lowest BCUT2D eigenvalue weighted by Crippen LogP contribution is -2.23. The van der Waals surface area contributed by atoms with Crippen LogP contribution in [-0.4, -0.2) is 20.9 Å². The molecule has 1 aromatic rings. The molecular weight excluding hydrogens is 247 g/mol. The van der Waals surface area contributed by atoms with Crippen molar-refractivity contribution in [3.8, 4) is 11.5 Å². The minimum atomic E-state index is -1.14. The van der Waals surface area contributed by atoms with E-state index in [1.165, 1.54) is 0 Å². The second kappa shape index (κ2) is 3.73. The van der Waals surface area contributed by atoms with Crippen molar-refractivity contribution in [3.05, 3.63) is 35.7 Å². The first kappa shape index (κ1) is 12.5. The molecule has 3 nitrogen and oxygen atoms in total. The van der Waals surface area contributed by atoms with Crippen molar-refractivity contribution < 1.29 is 19.7 Å². The maximum Gasteiger partial charge on any atom is 0.164 e. The van der Waals surface area contributed by atoms with Crippen LogP contribution in [0.15, 0.2) is 24.3 Å². The molecule has 2 unspecified atom stereocenters. The number of fused-ring (bicyclic) bond motifs is 1. The summed E-state index contributed by atoms with van der Waals surface area (Å²) in [6, 6.07) is 2.24. The summed E-state index contributed by atoms with van der Waals surface area (Å²) in [5, 5.41) is 30.3. The van der Waals surface area contributed by atoms with E-state index in [0.717, 1.165) is 31.4 Å². The fraction of sp³-hybridized carbons (Fsp3) is 0.467. The highest BCUT2D eigenvalue weighted by Gasteiger charge is 2.72. The molecule has 0 radical (unpaired) electrons. The van der Waals surface area contributed by atoms with Gasteiger partial charge in [0.25, 0.3) is 0 Å². The van der Waals surface area contributed by atoms with Gasteiger partial charge in [-0.25, -0.2) is 4.39 Å². The lowest BCUT2D eigenvalue weighted by Gasteiger charge is -2.21. The summed E-state index contributed by atoms with van der Waals surface area (Å²) in [7, 11) is 0. The fourth-order valence-electron chi connectivity index (χ4n) is 3.69. The first-order valence-corrected chi connectivity index (χ1v) is 6.58. The number of hydrogen-bond donors (Lipinski definition) is 3. The molecule has 0 bridgehead atoms. The monoisotopic (exact) mass is 264 g/mol. The summed E-state index contributed by atoms with van der Waals surface area (Å²) < 4.78 is 14.1. The molecule has 102 valence electrons. The third-order valence-electron chi connectivity index (χ3n) is 4.78. The molecule has 1 aromatic carbocycles. The molecule has 2 aliphatic carbocycles. The Hall–Kier alpha value is -1.55. The van der Waals surface area contributed by atoms with Gasteiger partial charge in [-0.2, -0.15) is 0 Å². The van der Waals surface area contributed by atoms with E-state index in [2.05, 4.69) is 6.58 Å². The van der Waals surface area contributed by atoms with Crippen LogP contribution in [-0.2, 0) is 5.41 Å². The standard InChI is InChI=1S/C15H17FO3/c1-9-14(7-3-2-4-8-15(9,14)19)12-10(16)5-6-11(17)13(12)18/h5-6,17-19H,1-4,7-8H2. The van der Waals surface area contributed by atoms with Gasteiger partial charge in [-0.15, -0.1) is 0 Å². The van der Waals surface area contributed by atoms with Gasteiger partial charge in [-0.05, 0) is 30.5 Å². The second-order valence-corrected chi connectivity index (χ2v) is 5.59. The molecule has 2 atom stereocenters. The molecule has 0 spiro atoms. The second-order valence-electron chi connectivity index (χ2n) is 5.59. The van der Waals surface area contributed by atoms with Crippen LogP contribution in [0.4, 0.5) is 4.39 Å². The lowest BCUT2D eigenvalue weighted by molar-refractivity contribution is 0.118. The minimum absolute atomic E-state index is 0.00176. The summed E-state index contributed by atoms with van der Waals surface area (Å²) in [4.78, 5) is 0. The first-order valence-electron chi connectivity index (χ1n) is 6.58. The first-order chi connectivity index (χ1) is 8.95. The molecule has 2 fully saturated rings. The Labute approximate surface area is 111 Å². The minimum Gasteiger partial charge on any atom is -0.504 e. The van der Waals surface area contributed by atoms with Crippen LogP contribution < -0.4 is 0 Å². The molecule has 4 heteroatoms. The Balaban J connectivity index is 2.21. The number of phenolic OH excluding ortho intramolecular Hbond substituents is 2. The average Bonchev–Trinajstić information content (AvgIpc) is 2.90. The number of halogens is 1. The van der Waals surface area contributed by atoms with E-state index in [9.17, 15) is 19.7 Å². The Kier molecular flexibility index (Phi) is 2.45. The van der Waals surface area contributed by atoms with Crippen LogP contribution >= 0.6 is 0 Å². The fourth-order valence-corrected chi connectivity index (χ4v) is 3.69. The van der Waals surface area contributed by atoms with Crippen molar-refractivity contribution in [1.29, 1.82) is 0 Å². The third-order valence-corrected chi connectivity index (χ3v) is 4.78. The molecule has 0 heterocycles. The number of aromatic hydroxyl groups is 2. The van der Waals surface area contributed by atoms with Gasteiger partial charge in [0, 0.05) is 5.56 Å². The summed E-state index contributed by atoms with van der Waals surface area (Å²) in [5.74, 6) is -1.44. The van der Waals surface area contributed by atoms with Crippen LogP contribution in [0.3, 0.4) is 0 Å². The Morgan fingerprint density at radius 3 is 2.53 bits per heavy atom. The maximum absolute atomic E-state index is 14.1. The topological polar surface area (TPSA) is 60.7 Å². The predicted molar refractivity (Wildman–Crippen MR) is 68.6 cm³/mol. The van der Waals surface area contributed by atoms with Crippen molar-refractivity contribution in [2.75, 3.05) is 0 Å².